The van der Waals surface area contributed by atoms with Crippen molar-refractivity contribution in [3.63, 3.8) is 0 Å². The lowest BCUT2D eigenvalue weighted by Crippen LogP contribution is -2.29. The molecule has 2 nitrogen and oxygen atoms in total. The summed E-state index contributed by atoms with van der Waals surface area (Å²) in [6.45, 7) is 3.76. The molecule has 0 fully saturated rings. The van der Waals surface area contributed by atoms with Crippen LogP contribution in [0.2, 0.25) is 0 Å². The van der Waals surface area contributed by atoms with Crippen molar-refractivity contribution in [2.45, 2.75) is 32.4 Å². The summed E-state index contributed by atoms with van der Waals surface area (Å²) in [4.78, 5) is 0. The summed E-state index contributed by atoms with van der Waals surface area (Å²) in [6.07, 6.45) is 0.768. The molecule has 2 atom stereocenters. The molecule has 1 aromatic rings. The molecule has 5 heteroatoms. The van der Waals surface area contributed by atoms with Gasteiger partial charge in [0.1, 0.15) is 6.04 Å². The Labute approximate surface area is 98.1 Å². The van der Waals surface area contributed by atoms with Crippen molar-refractivity contribution in [1.82, 2.24) is 5.32 Å². The van der Waals surface area contributed by atoms with Gasteiger partial charge in [0.15, 0.2) is 17.5 Å². The van der Waals surface area contributed by atoms with E-state index >= 15 is 0 Å². The maximum absolute atomic E-state index is 13.0. The van der Waals surface area contributed by atoms with Crippen molar-refractivity contribution in [1.29, 1.82) is 5.26 Å². The second kappa shape index (κ2) is 5.69. The van der Waals surface area contributed by atoms with Gasteiger partial charge in [-0.25, -0.2) is 13.2 Å². The van der Waals surface area contributed by atoms with Gasteiger partial charge in [0.25, 0.3) is 0 Å². The molecule has 0 radical (unpaired) electrons. The highest BCUT2D eigenvalue weighted by Gasteiger charge is 2.18. The predicted octanol–water partition coefficient (Wildman–Crippen LogP) is 3.06. The molecule has 1 rings (SSSR count). The normalized spacial score (nSPS) is 14.1. The summed E-state index contributed by atoms with van der Waals surface area (Å²) in [6, 6.07) is 2.73. The predicted molar refractivity (Wildman–Crippen MR) is 57.6 cm³/mol. The van der Waals surface area contributed by atoms with E-state index in [0.29, 0.717) is 0 Å². The number of rotatable bonds is 4. The monoisotopic (exact) mass is 242 g/mol. The van der Waals surface area contributed by atoms with E-state index in [1.165, 1.54) is 0 Å². The fraction of sp³-hybridized carbons (Fsp3) is 0.417. The van der Waals surface area contributed by atoms with E-state index < -0.39 is 23.5 Å². The van der Waals surface area contributed by atoms with Crippen molar-refractivity contribution in [2.75, 3.05) is 0 Å². The van der Waals surface area contributed by atoms with Crippen molar-refractivity contribution < 1.29 is 13.2 Å². The summed E-state index contributed by atoms with van der Waals surface area (Å²) in [5.41, 5.74) is 0.0872. The van der Waals surface area contributed by atoms with Crippen LogP contribution in [0.3, 0.4) is 0 Å². The van der Waals surface area contributed by atoms with Crippen LogP contribution < -0.4 is 5.32 Å². The third kappa shape index (κ3) is 3.21. The topological polar surface area (TPSA) is 35.8 Å². The van der Waals surface area contributed by atoms with Crippen LogP contribution in [-0.4, -0.2) is 6.04 Å². The third-order valence-corrected chi connectivity index (χ3v) is 2.53. The lowest BCUT2D eigenvalue weighted by molar-refractivity contribution is 0.439. The first-order valence-electron chi connectivity index (χ1n) is 5.29. The molecule has 0 spiro atoms. The lowest BCUT2D eigenvalue weighted by atomic mass is 10.1. The highest BCUT2D eigenvalue weighted by Crippen LogP contribution is 2.19. The number of benzene rings is 1. The van der Waals surface area contributed by atoms with E-state index in [9.17, 15) is 13.2 Å². The fourth-order valence-electron chi connectivity index (χ4n) is 1.35. The Kier molecular flexibility index (Phi) is 4.53. The van der Waals surface area contributed by atoms with E-state index in [1.807, 2.05) is 19.9 Å². The summed E-state index contributed by atoms with van der Waals surface area (Å²) in [7, 11) is 0. The third-order valence-electron chi connectivity index (χ3n) is 2.53. The van der Waals surface area contributed by atoms with Gasteiger partial charge in [-0.1, -0.05) is 6.92 Å². The highest BCUT2D eigenvalue weighted by atomic mass is 19.2. The Hall–Kier alpha value is -1.54. The van der Waals surface area contributed by atoms with Crippen molar-refractivity contribution >= 4 is 0 Å². The zero-order chi connectivity index (χ0) is 13.0. The number of nitriles is 1. The van der Waals surface area contributed by atoms with Gasteiger partial charge in [0, 0.05) is 6.04 Å². The van der Waals surface area contributed by atoms with Gasteiger partial charge >= 0.3 is 0 Å². The van der Waals surface area contributed by atoms with Crippen LogP contribution in [0.15, 0.2) is 12.1 Å². The summed E-state index contributed by atoms with van der Waals surface area (Å²) in [5, 5.41) is 11.8. The molecule has 0 aliphatic heterocycles. The molecule has 92 valence electrons. The second-order valence-corrected chi connectivity index (χ2v) is 3.84. The van der Waals surface area contributed by atoms with Crippen LogP contribution in [0.1, 0.15) is 31.9 Å². The van der Waals surface area contributed by atoms with Crippen LogP contribution in [0.25, 0.3) is 0 Å². The molecule has 0 aliphatic rings. The van der Waals surface area contributed by atoms with Gasteiger partial charge < -0.3 is 0 Å². The minimum Gasteiger partial charge on any atom is -0.296 e. The quantitative estimate of drug-likeness (QED) is 0.824. The van der Waals surface area contributed by atoms with Crippen LogP contribution in [0, 0.1) is 28.8 Å². The highest BCUT2D eigenvalue weighted by molar-refractivity contribution is 5.26. The molecule has 0 saturated carbocycles. The molecule has 0 amide bonds. The first kappa shape index (κ1) is 13.5. The zero-order valence-electron chi connectivity index (χ0n) is 9.60. The van der Waals surface area contributed by atoms with E-state index in [4.69, 9.17) is 5.26 Å². The molecule has 0 aliphatic carbocycles. The summed E-state index contributed by atoms with van der Waals surface area (Å²) in [5.74, 6) is -4.09. The molecule has 0 aromatic heterocycles. The SMILES string of the molecule is CCC(C)NC(C#N)c1cc(F)c(F)c(F)c1. The zero-order valence-corrected chi connectivity index (χ0v) is 9.60. The maximum Gasteiger partial charge on any atom is 0.194 e. The fourth-order valence-corrected chi connectivity index (χ4v) is 1.35. The van der Waals surface area contributed by atoms with E-state index in [1.54, 1.807) is 0 Å². The molecule has 17 heavy (non-hydrogen) atoms. The Morgan fingerprint density at radius 3 is 2.24 bits per heavy atom. The summed E-state index contributed by atoms with van der Waals surface area (Å²) < 4.78 is 38.8. The number of halogens is 3. The van der Waals surface area contributed by atoms with Gasteiger partial charge in [-0.15, -0.1) is 0 Å². The Morgan fingerprint density at radius 1 is 1.29 bits per heavy atom. The van der Waals surface area contributed by atoms with Gasteiger partial charge in [-0.2, -0.15) is 5.26 Å². The van der Waals surface area contributed by atoms with Crippen LogP contribution in [0.5, 0.6) is 0 Å². The molecule has 1 N–H and O–H groups in total. The first-order chi connectivity index (χ1) is 7.99. The Balaban J connectivity index is 3.01. The number of nitrogens with one attached hydrogen (secondary N) is 1. The van der Waals surface area contributed by atoms with Gasteiger partial charge in [-0.3, -0.25) is 5.32 Å². The van der Waals surface area contributed by atoms with Gasteiger partial charge in [-0.05, 0) is 31.0 Å². The number of hydrogen-bond acceptors (Lipinski definition) is 2. The maximum atomic E-state index is 13.0. The lowest BCUT2D eigenvalue weighted by Gasteiger charge is -2.17. The largest absolute Gasteiger partial charge is 0.296 e. The first-order valence-corrected chi connectivity index (χ1v) is 5.29. The van der Waals surface area contributed by atoms with Crippen LogP contribution in [-0.2, 0) is 0 Å². The van der Waals surface area contributed by atoms with Crippen molar-refractivity contribution in [3.8, 4) is 6.07 Å². The number of hydrogen-bond donors (Lipinski definition) is 1. The van der Waals surface area contributed by atoms with Gasteiger partial charge in [0.05, 0.1) is 6.07 Å². The smallest absolute Gasteiger partial charge is 0.194 e. The van der Waals surface area contributed by atoms with E-state index in [2.05, 4.69) is 5.32 Å². The molecule has 0 bridgehead atoms. The Morgan fingerprint density at radius 2 is 1.82 bits per heavy atom. The van der Waals surface area contributed by atoms with Crippen LogP contribution >= 0.6 is 0 Å². The molecular weight excluding hydrogens is 229 g/mol. The average Bonchev–Trinajstić information content (AvgIpc) is 2.31. The van der Waals surface area contributed by atoms with Crippen molar-refractivity contribution in [2.24, 2.45) is 0 Å². The molecule has 0 saturated heterocycles. The molecule has 1 aromatic carbocycles. The second-order valence-electron chi connectivity index (χ2n) is 3.84. The minimum absolute atomic E-state index is 0.0239. The van der Waals surface area contributed by atoms with Crippen molar-refractivity contribution in [3.05, 3.63) is 35.1 Å². The standard InChI is InChI=1S/C12H13F3N2/c1-3-7(2)17-11(6-16)8-4-9(13)12(15)10(14)5-8/h4-5,7,11,17H,3H2,1-2H3. The van der Waals surface area contributed by atoms with E-state index in [0.717, 1.165) is 18.6 Å². The Bertz CT molecular complexity index is 417. The van der Waals surface area contributed by atoms with E-state index in [-0.39, 0.29) is 11.6 Å². The number of nitrogens with zero attached hydrogens (tertiary/aromatic N) is 1. The van der Waals surface area contributed by atoms with Gasteiger partial charge in [0.2, 0.25) is 0 Å². The summed E-state index contributed by atoms with van der Waals surface area (Å²) >= 11 is 0. The molecule has 2 unspecified atom stereocenters. The average molecular weight is 242 g/mol. The van der Waals surface area contributed by atoms with Crippen LogP contribution in [0.4, 0.5) is 13.2 Å². The molecule has 0 heterocycles. The molecular formula is C12H13F3N2. The minimum atomic E-state index is -1.52.